The fourth-order valence-electron chi connectivity index (χ4n) is 2.14. The van der Waals surface area contributed by atoms with Crippen molar-refractivity contribution in [2.24, 2.45) is 7.05 Å². The molecule has 20 heavy (non-hydrogen) atoms. The molecule has 116 valence electrons. The molecule has 0 fully saturated rings. The summed E-state index contributed by atoms with van der Waals surface area (Å²) >= 11 is 6.25. The Bertz CT molecular complexity index is 554. The monoisotopic (exact) mass is 321 g/mol. The van der Waals surface area contributed by atoms with Crippen LogP contribution in [0, 0.1) is 6.92 Å². The standard InChI is InChI=1S/C13H24ClN3O2S/c1-6-7-15-11(10(3)20(5,18)19)8-12-13(14)9(2)16-17(12)4/h10-11,15H,6-8H2,1-5H3. The van der Waals surface area contributed by atoms with Crippen molar-refractivity contribution >= 4 is 21.4 Å². The molecule has 0 amide bonds. The van der Waals surface area contributed by atoms with Crippen molar-refractivity contribution in [1.82, 2.24) is 15.1 Å². The minimum Gasteiger partial charge on any atom is -0.312 e. The van der Waals surface area contributed by atoms with Crippen LogP contribution in [0.15, 0.2) is 0 Å². The van der Waals surface area contributed by atoms with Crippen molar-refractivity contribution in [1.29, 1.82) is 0 Å². The Balaban J connectivity index is 3.00. The molecule has 0 radical (unpaired) electrons. The number of nitrogens with zero attached hydrogens (tertiary/aromatic N) is 2. The smallest absolute Gasteiger partial charge is 0.151 e. The topological polar surface area (TPSA) is 64.0 Å². The van der Waals surface area contributed by atoms with Gasteiger partial charge in [0.05, 0.1) is 21.7 Å². The number of sulfone groups is 1. The van der Waals surface area contributed by atoms with E-state index < -0.39 is 15.1 Å². The SMILES string of the molecule is CCCNC(Cc1c(Cl)c(C)nn1C)C(C)S(C)(=O)=O. The normalized spacial score (nSPS) is 15.3. The average molecular weight is 322 g/mol. The zero-order chi connectivity index (χ0) is 15.5. The molecule has 0 saturated carbocycles. The summed E-state index contributed by atoms with van der Waals surface area (Å²) in [6.07, 6.45) is 2.77. The highest BCUT2D eigenvalue weighted by Gasteiger charge is 2.27. The summed E-state index contributed by atoms with van der Waals surface area (Å²) in [5.74, 6) is 0. The van der Waals surface area contributed by atoms with Crippen molar-refractivity contribution in [3.8, 4) is 0 Å². The van der Waals surface area contributed by atoms with Gasteiger partial charge in [-0.2, -0.15) is 5.10 Å². The molecule has 1 heterocycles. The van der Waals surface area contributed by atoms with Crippen molar-refractivity contribution in [2.45, 2.75) is 44.9 Å². The van der Waals surface area contributed by atoms with E-state index in [-0.39, 0.29) is 6.04 Å². The molecular weight excluding hydrogens is 298 g/mol. The predicted molar refractivity (Wildman–Crippen MR) is 83.0 cm³/mol. The van der Waals surface area contributed by atoms with Crippen molar-refractivity contribution < 1.29 is 8.42 Å². The van der Waals surface area contributed by atoms with E-state index in [4.69, 9.17) is 11.6 Å². The van der Waals surface area contributed by atoms with Gasteiger partial charge in [-0.3, -0.25) is 4.68 Å². The molecule has 1 aromatic heterocycles. The van der Waals surface area contributed by atoms with Gasteiger partial charge in [0, 0.05) is 25.8 Å². The van der Waals surface area contributed by atoms with E-state index in [9.17, 15) is 8.42 Å². The molecule has 1 N–H and O–H groups in total. The quantitative estimate of drug-likeness (QED) is 0.830. The molecule has 0 saturated heterocycles. The minimum absolute atomic E-state index is 0.169. The van der Waals surface area contributed by atoms with Crippen LogP contribution >= 0.6 is 11.6 Å². The molecule has 0 bridgehead atoms. The number of halogens is 1. The molecule has 0 aromatic carbocycles. The van der Waals surface area contributed by atoms with Crippen LogP contribution in [0.2, 0.25) is 5.02 Å². The van der Waals surface area contributed by atoms with Crippen molar-refractivity contribution in [2.75, 3.05) is 12.8 Å². The predicted octanol–water partition coefficient (Wildman–Crippen LogP) is 1.73. The van der Waals surface area contributed by atoms with E-state index in [2.05, 4.69) is 17.3 Å². The third-order valence-electron chi connectivity index (χ3n) is 3.57. The maximum absolute atomic E-state index is 11.8. The maximum atomic E-state index is 11.8. The summed E-state index contributed by atoms with van der Waals surface area (Å²) in [6, 6.07) is -0.169. The number of hydrogen-bond acceptors (Lipinski definition) is 4. The molecule has 0 aliphatic rings. The zero-order valence-electron chi connectivity index (χ0n) is 12.8. The molecular formula is C13H24ClN3O2S. The summed E-state index contributed by atoms with van der Waals surface area (Å²) < 4.78 is 25.3. The van der Waals surface area contributed by atoms with Crippen LogP contribution in [-0.4, -0.2) is 42.3 Å². The van der Waals surface area contributed by atoms with Gasteiger partial charge < -0.3 is 5.32 Å². The van der Waals surface area contributed by atoms with Crippen molar-refractivity contribution in [3.05, 3.63) is 16.4 Å². The lowest BCUT2D eigenvalue weighted by molar-refractivity contribution is 0.471. The second-order valence-electron chi connectivity index (χ2n) is 5.27. The minimum atomic E-state index is -3.11. The largest absolute Gasteiger partial charge is 0.312 e. The molecule has 7 heteroatoms. The van der Waals surface area contributed by atoms with Gasteiger partial charge in [0.15, 0.2) is 9.84 Å². The van der Waals surface area contributed by atoms with Crippen LogP contribution in [0.3, 0.4) is 0 Å². The van der Waals surface area contributed by atoms with Gasteiger partial charge in [-0.25, -0.2) is 8.42 Å². The highest BCUT2D eigenvalue weighted by molar-refractivity contribution is 7.91. The van der Waals surface area contributed by atoms with Crippen LogP contribution < -0.4 is 5.32 Å². The van der Waals surface area contributed by atoms with E-state index in [1.807, 2.05) is 14.0 Å². The van der Waals surface area contributed by atoms with Gasteiger partial charge in [0.2, 0.25) is 0 Å². The van der Waals surface area contributed by atoms with Gasteiger partial charge >= 0.3 is 0 Å². The Morgan fingerprint density at radius 3 is 2.45 bits per heavy atom. The van der Waals surface area contributed by atoms with Crippen LogP contribution in [-0.2, 0) is 23.3 Å². The Hall–Kier alpha value is -0.590. The Kier molecular flexibility index (Phi) is 6.04. The van der Waals surface area contributed by atoms with Gasteiger partial charge in [0.1, 0.15) is 0 Å². The molecule has 0 spiro atoms. The summed E-state index contributed by atoms with van der Waals surface area (Å²) in [7, 11) is -1.28. The van der Waals surface area contributed by atoms with E-state index in [0.29, 0.717) is 11.4 Å². The first-order valence-electron chi connectivity index (χ1n) is 6.78. The molecule has 1 aromatic rings. The van der Waals surface area contributed by atoms with Crippen LogP contribution in [0.5, 0.6) is 0 Å². The number of nitrogens with one attached hydrogen (secondary N) is 1. The highest BCUT2D eigenvalue weighted by Crippen LogP contribution is 2.22. The lowest BCUT2D eigenvalue weighted by Crippen LogP contribution is -2.44. The Morgan fingerprint density at radius 1 is 1.45 bits per heavy atom. The lowest BCUT2D eigenvalue weighted by atomic mass is 10.1. The fourth-order valence-corrected chi connectivity index (χ4v) is 3.17. The van der Waals surface area contributed by atoms with Crippen LogP contribution in [0.4, 0.5) is 0 Å². The van der Waals surface area contributed by atoms with Crippen LogP contribution in [0.1, 0.15) is 31.7 Å². The first-order chi connectivity index (χ1) is 9.18. The zero-order valence-corrected chi connectivity index (χ0v) is 14.3. The average Bonchev–Trinajstić information content (AvgIpc) is 2.58. The first-order valence-corrected chi connectivity index (χ1v) is 9.12. The first kappa shape index (κ1) is 17.5. The van der Waals surface area contributed by atoms with Crippen LogP contribution in [0.25, 0.3) is 0 Å². The summed E-state index contributed by atoms with van der Waals surface area (Å²) in [4.78, 5) is 0. The second kappa shape index (κ2) is 6.91. The number of aryl methyl sites for hydroxylation is 2. The Labute approximate surface area is 126 Å². The van der Waals surface area contributed by atoms with Gasteiger partial charge in [-0.05, 0) is 26.8 Å². The van der Waals surface area contributed by atoms with Crippen molar-refractivity contribution in [3.63, 3.8) is 0 Å². The summed E-state index contributed by atoms with van der Waals surface area (Å²) in [5.41, 5.74) is 1.64. The third kappa shape index (κ3) is 4.20. The fraction of sp³-hybridized carbons (Fsp3) is 0.769. The van der Waals surface area contributed by atoms with E-state index in [0.717, 1.165) is 24.4 Å². The number of hydrogen-bond donors (Lipinski definition) is 1. The van der Waals surface area contributed by atoms with E-state index in [1.54, 1.807) is 11.6 Å². The Morgan fingerprint density at radius 2 is 2.05 bits per heavy atom. The number of rotatable bonds is 7. The summed E-state index contributed by atoms with van der Waals surface area (Å²) in [6.45, 7) is 6.41. The summed E-state index contributed by atoms with van der Waals surface area (Å²) in [5, 5.41) is 7.73. The van der Waals surface area contributed by atoms with Gasteiger partial charge in [-0.1, -0.05) is 18.5 Å². The molecule has 2 atom stereocenters. The van der Waals surface area contributed by atoms with E-state index >= 15 is 0 Å². The van der Waals surface area contributed by atoms with Gasteiger partial charge in [-0.15, -0.1) is 0 Å². The van der Waals surface area contributed by atoms with Gasteiger partial charge in [0.25, 0.3) is 0 Å². The maximum Gasteiger partial charge on any atom is 0.151 e. The molecule has 0 aliphatic carbocycles. The number of aromatic nitrogens is 2. The van der Waals surface area contributed by atoms with E-state index in [1.165, 1.54) is 6.26 Å². The molecule has 2 unspecified atom stereocenters. The highest BCUT2D eigenvalue weighted by atomic mass is 35.5. The molecule has 5 nitrogen and oxygen atoms in total. The third-order valence-corrected chi connectivity index (χ3v) is 5.74. The second-order valence-corrected chi connectivity index (χ2v) is 8.05. The lowest BCUT2D eigenvalue weighted by Gasteiger charge is -2.24. The molecule has 0 aliphatic heterocycles. The molecule has 1 rings (SSSR count).